The van der Waals surface area contributed by atoms with Gasteiger partial charge < -0.3 is 40.3 Å². The molecule has 0 aliphatic carbocycles. The Kier molecular flexibility index (Phi) is 14.0. The first kappa shape index (κ1) is 42.4. The number of hydrogen-bond donors (Lipinski definition) is 4. The third-order valence-electron chi connectivity index (χ3n) is 8.13. The van der Waals surface area contributed by atoms with Crippen molar-refractivity contribution >= 4 is 63.8 Å². The summed E-state index contributed by atoms with van der Waals surface area (Å²) < 4.78 is 10.0. The van der Waals surface area contributed by atoms with Crippen LogP contribution in [-0.4, -0.2) is 97.1 Å². The van der Waals surface area contributed by atoms with Crippen molar-refractivity contribution in [2.24, 2.45) is 5.73 Å². The van der Waals surface area contributed by atoms with Gasteiger partial charge in [-0.25, -0.2) is 9.59 Å². The molecule has 2 aromatic carbocycles. The molecule has 5 N–H and O–H groups in total. The third kappa shape index (κ3) is 9.89. The topological polar surface area (TPSA) is 370 Å². The predicted molar refractivity (Wildman–Crippen MR) is 182 cm³/mol. The number of amides is 2. The van der Waals surface area contributed by atoms with Crippen LogP contribution in [0.15, 0.2) is 12.1 Å². The van der Waals surface area contributed by atoms with Crippen molar-refractivity contribution in [1.29, 1.82) is 0 Å². The van der Waals surface area contributed by atoms with E-state index in [-0.39, 0.29) is 79.4 Å². The molecule has 25 nitrogen and oxygen atoms in total. The fourth-order valence-corrected chi connectivity index (χ4v) is 5.74. The molecule has 55 heavy (non-hydrogen) atoms. The van der Waals surface area contributed by atoms with E-state index in [0.29, 0.717) is 18.6 Å². The average molecular weight is 780 g/mol. The number of fused-ring (bicyclic) bond motifs is 2. The molecule has 2 aliphatic rings. The number of hydrogen-bond acceptors (Lipinski definition) is 16. The summed E-state index contributed by atoms with van der Waals surface area (Å²) in [6, 6.07) is 0.00815. The summed E-state index contributed by atoms with van der Waals surface area (Å²) >= 11 is 0. The number of rotatable bonds is 17. The molecule has 2 heterocycles. The number of benzene rings is 2. The summed E-state index contributed by atoms with van der Waals surface area (Å²) in [4.78, 5) is 101. The number of nitrogens with zero attached hydrogens (tertiary/aromatic N) is 6. The number of nitrogens with two attached hydrogens (primary N) is 1. The molecule has 0 saturated carbocycles. The van der Waals surface area contributed by atoms with Crippen molar-refractivity contribution in [2.45, 2.75) is 57.9 Å². The highest BCUT2D eigenvalue weighted by Crippen LogP contribution is 2.49. The van der Waals surface area contributed by atoms with Gasteiger partial charge in [0.1, 0.15) is 29.5 Å². The maximum absolute atomic E-state index is 12.5. The molecular formula is C30H33N7O18. The molecule has 0 spiro atoms. The van der Waals surface area contributed by atoms with Crippen LogP contribution in [-0.2, 0) is 36.8 Å². The molecule has 4 rings (SSSR count). The van der Waals surface area contributed by atoms with E-state index in [1.54, 1.807) is 0 Å². The summed E-state index contributed by atoms with van der Waals surface area (Å²) in [7, 11) is 0. The number of carbonyl (C=O) groups is 5. The number of nitro benzene ring substituents is 4. The fourth-order valence-electron chi connectivity index (χ4n) is 5.74. The first-order valence-corrected chi connectivity index (χ1v) is 16.1. The molecule has 0 bridgehead atoms. The lowest BCUT2D eigenvalue weighted by molar-refractivity contribution is -0.394. The number of carboxylic acids is 3. The third-order valence-corrected chi connectivity index (χ3v) is 8.13. The number of carboxylic acid groups (broad SMARTS) is 3. The summed E-state index contributed by atoms with van der Waals surface area (Å²) in [6.45, 7) is 0.168. The van der Waals surface area contributed by atoms with Crippen molar-refractivity contribution in [2.75, 3.05) is 36.1 Å². The molecule has 25 heteroatoms. The number of aliphatic carboxylic acids is 3. The van der Waals surface area contributed by atoms with Crippen LogP contribution in [0.4, 0.5) is 34.1 Å². The van der Waals surface area contributed by atoms with Gasteiger partial charge in [-0.2, -0.15) is 0 Å². The van der Waals surface area contributed by atoms with Gasteiger partial charge in [-0.3, -0.25) is 54.8 Å². The monoisotopic (exact) mass is 779 g/mol. The Bertz CT molecular complexity index is 1950. The molecule has 2 amide bonds. The van der Waals surface area contributed by atoms with E-state index in [1.165, 1.54) is 4.90 Å². The Morgan fingerprint density at radius 1 is 0.709 bits per heavy atom. The smallest absolute Gasteiger partial charge is 0.341 e. The van der Waals surface area contributed by atoms with Gasteiger partial charge in [0.15, 0.2) is 13.2 Å². The Morgan fingerprint density at radius 2 is 1.09 bits per heavy atom. The van der Waals surface area contributed by atoms with Crippen molar-refractivity contribution < 1.29 is 68.5 Å². The highest BCUT2D eigenvalue weighted by Gasteiger charge is 2.41. The van der Waals surface area contributed by atoms with Crippen LogP contribution in [0, 0.1) is 40.5 Å². The van der Waals surface area contributed by atoms with E-state index in [1.807, 2.05) is 6.92 Å². The van der Waals surface area contributed by atoms with E-state index in [9.17, 15) is 64.4 Å². The van der Waals surface area contributed by atoms with Crippen LogP contribution in [0.2, 0.25) is 0 Å². The van der Waals surface area contributed by atoms with E-state index in [4.69, 9.17) is 30.5 Å². The van der Waals surface area contributed by atoms with Gasteiger partial charge in [-0.15, -0.1) is 0 Å². The van der Waals surface area contributed by atoms with Crippen molar-refractivity contribution in [1.82, 2.24) is 0 Å². The molecule has 296 valence electrons. The second-order valence-electron chi connectivity index (χ2n) is 11.7. The van der Waals surface area contributed by atoms with Gasteiger partial charge in [0.05, 0.1) is 19.7 Å². The molecule has 0 aromatic heterocycles. The Morgan fingerprint density at radius 3 is 1.42 bits per heavy atom. The predicted octanol–water partition coefficient (Wildman–Crippen LogP) is 2.09. The van der Waals surface area contributed by atoms with Crippen molar-refractivity contribution in [3.05, 3.63) is 63.7 Å². The zero-order chi connectivity index (χ0) is 41.3. The standard InChI is InChI=1S/C15H16N4O10.C15H17N3O8/c16-8(15(23)24)1-2-11(20)17-4-3-7-13(17)9(18(25)26)5-10(19(27)28)14(7)29-6-12(21)22;1-2-3-4-12(19)16-6-5-9-14(16)10(17(22)23)7-11(18(24)25)15(9)26-8-13(20)21/h5,8H,1-4,6,16H2,(H,21,22)(H,23,24);7H,2-6,8H2,1H3,(H,20,21). The molecule has 2 aliphatic heterocycles. The molecule has 1 atom stereocenters. The Labute approximate surface area is 307 Å². The van der Waals surface area contributed by atoms with E-state index in [0.717, 1.165) is 11.3 Å². The zero-order valence-corrected chi connectivity index (χ0v) is 28.7. The maximum Gasteiger partial charge on any atom is 0.341 e. The van der Waals surface area contributed by atoms with Crippen LogP contribution in [0.25, 0.3) is 0 Å². The van der Waals surface area contributed by atoms with Crippen LogP contribution in [0.3, 0.4) is 0 Å². The molecule has 0 radical (unpaired) electrons. The second kappa shape index (κ2) is 18.1. The highest BCUT2D eigenvalue weighted by molar-refractivity contribution is 6.00. The minimum Gasteiger partial charge on any atom is -0.480 e. The van der Waals surface area contributed by atoms with Gasteiger partial charge in [-0.1, -0.05) is 13.3 Å². The average Bonchev–Trinajstić information content (AvgIpc) is 3.76. The quantitative estimate of drug-likeness (QED) is 0.132. The maximum atomic E-state index is 12.5. The lowest BCUT2D eigenvalue weighted by atomic mass is 10.1. The van der Waals surface area contributed by atoms with E-state index in [2.05, 4.69) is 0 Å². The van der Waals surface area contributed by atoms with Crippen LogP contribution < -0.4 is 25.0 Å². The number of nitro groups is 4. The van der Waals surface area contributed by atoms with Crippen molar-refractivity contribution in [3.63, 3.8) is 0 Å². The lowest BCUT2D eigenvalue weighted by Gasteiger charge is -2.18. The number of ether oxygens (including phenoxy) is 2. The fraction of sp³-hybridized carbons (Fsp3) is 0.433. The first-order valence-electron chi connectivity index (χ1n) is 16.1. The summed E-state index contributed by atoms with van der Waals surface area (Å²) in [5.41, 5.74) is 2.35. The molecule has 0 fully saturated rings. The van der Waals surface area contributed by atoms with Gasteiger partial charge >= 0.3 is 29.3 Å². The van der Waals surface area contributed by atoms with E-state index >= 15 is 0 Å². The Hall–Kier alpha value is -7.05. The molecule has 0 saturated heterocycles. The summed E-state index contributed by atoms with van der Waals surface area (Å²) in [6.07, 6.45) is 1.06. The van der Waals surface area contributed by atoms with E-state index < -0.39 is 91.3 Å². The van der Waals surface area contributed by atoms with Gasteiger partial charge in [0.25, 0.3) is 11.4 Å². The summed E-state index contributed by atoms with van der Waals surface area (Å²) in [5.74, 6) is -5.88. The highest BCUT2D eigenvalue weighted by atomic mass is 16.6. The SMILES string of the molecule is CCCCC(=O)N1CCc2c(OCC(=O)O)c([N+](=O)[O-])cc([N+](=O)[O-])c21.NC(CCC(=O)N1CCc2c(OCC(=O)O)c([N+](=O)[O-])cc([N+](=O)[O-])c21)C(=O)O. The van der Waals surface area contributed by atoms with Crippen LogP contribution in [0.1, 0.15) is 50.2 Å². The second-order valence-corrected chi connectivity index (χ2v) is 11.7. The summed E-state index contributed by atoms with van der Waals surface area (Å²) in [5, 5.41) is 71.8. The zero-order valence-electron chi connectivity index (χ0n) is 28.7. The normalized spacial score (nSPS) is 13.1. The Balaban J connectivity index is 0.000000297. The minimum atomic E-state index is -1.42. The number of unbranched alkanes of at least 4 members (excludes halogenated alkanes) is 1. The lowest BCUT2D eigenvalue weighted by Crippen LogP contribution is -2.34. The van der Waals surface area contributed by atoms with Crippen molar-refractivity contribution in [3.8, 4) is 11.5 Å². The minimum absolute atomic E-state index is 0.0389. The van der Waals surface area contributed by atoms with Gasteiger partial charge in [0.2, 0.25) is 23.3 Å². The first-order chi connectivity index (χ1) is 25.8. The van der Waals surface area contributed by atoms with Crippen LogP contribution in [0.5, 0.6) is 11.5 Å². The molecule has 2 aromatic rings. The van der Waals surface area contributed by atoms with Crippen LogP contribution >= 0.6 is 0 Å². The largest absolute Gasteiger partial charge is 0.480 e. The van der Waals surface area contributed by atoms with Gasteiger partial charge in [0, 0.05) is 37.1 Å². The molecule has 1 unspecified atom stereocenters. The molecular weight excluding hydrogens is 746 g/mol. The number of anilines is 2. The number of carbonyl (C=O) groups excluding carboxylic acids is 2. The van der Waals surface area contributed by atoms with Gasteiger partial charge in [-0.05, 0) is 25.7 Å².